The van der Waals surface area contributed by atoms with Gasteiger partial charge in [0.15, 0.2) is 11.5 Å². The minimum absolute atomic E-state index is 0.0325. The quantitative estimate of drug-likeness (QED) is 0.107. The second-order valence-corrected chi connectivity index (χ2v) is 14.8. The van der Waals surface area contributed by atoms with Crippen molar-refractivity contribution < 1.29 is 19.8 Å². The van der Waals surface area contributed by atoms with E-state index in [1.54, 1.807) is 60.7 Å². The van der Waals surface area contributed by atoms with Gasteiger partial charge in [0.1, 0.15) is 22.7 Å². The summed E-state index contributed by atoms with van der Waals surface area (Å²) in [6.07, 6.45) is 0. The molecular formula is C48H34Cl2N6O4. The Bertz CT molecular complexity index is 2790. The van der Waals surface area contributed by atoms with Crippen LogP contribution in [-0.2, 0) is 0 Å². The van der Waals surface area contributed by atoms with E-state index in [-0.39, 0.29) is 34.0 Å². The van der Waals surface area contributed by atoms with Gasteiger partial charge in [0, 0.05) is 22.1 Å². The molecule has 0 aromatic heterocycles. The highest BCUT2D eigenvalue weighted by Crippen LogP contribution is 2.42. The summed E-state index contributed by atoms with van der Waals surface area (Å²) in [6, 6.07) is 43.0. The van der Waals surface area contributed by atoms with Crippen molar-refractivity contribution in [2.24, 2.45) is 20.5 Å². The van der Waals surface area contributed by atoms with E-state index in [0.29, 0.717) is 54.3 Å². The maximum atomic E-state index is 13.6. The number of aromatic hydroxyl groups is 2. The van der Waals surface area contributed by atoms with Crippen LogP contribution < -0.4 is 10.6 Å². The number of halogens is 2. The molecule has 0 saturated carbocycles. The molecule has 0 aliphatic heterocycles. The van der Waals surface area contributed by atoms with Gasteiger partial charge in [-0.2, -0.15) is 0 Å². The predicted molar refractivity (Wildman–Crippen MR) is 240 cm³/mol. The first-order valence-electron chi connectivity index (χ1n) is 18.7. The summed E-state index contributed by atoms with van der Waals surface area (Å²) in [5.74, 6) is -1.68. The Labute approximate surface area is 354 Å². The van der Waals surface area contributed by atoms with Gasteiger partial charge in [-0.3, -0.25) is 9.59 Å². The summed E-state index contributed by atoms with van der Waals surface area (Å²) in [5, 5.41) is 49.3. The smallest absolute Gasteiger partial charge is 0.259 e. The van der Waals surface area contributed by atoms with Crippen molar-refractivity contribution in [1.82, 2.24) is 0 Å². The molecule has 0 aliphatic carbocycles. The average Bonchev–Trinajstić information content (AvgIpc) is 3.24. The van der Waals surface area contributed by atoms with E-state index in [1.807, 2.05) is 98.8 Å². The number of rotatable bonds is 9. The highest BCUT2D eigenvalue weighted by atomic mass is 35.5. The summed E-state index contributed by atoms with van der Waals surface area (Å²) in [6.45, 7) is 3.72. The summed E-state index contributed by atoms with van der Waals surface area (Å²) in [7, 11) is 0. The maximum Gasteiger partial charge on any atom is 0.259 e. The number of aryl methyl sites for hydroxylation is 2. The largest absolute Gasteiger partial charge is 0.505 e. The number of hydrogen-bond acceptors (Lipinski definition) is 8. The van der Waals surface area contributed by atoms with E-state index in [9.17, 15) is 19.8 Å². The first kappa shape index (κ1) is 39.4. The first-order valence-corrected chi connectivity index (χ1v) is 19.5. The Morgan fingerprint density at radius 1 is 0.467 bits per heavy atom. The summed E-state index contributed by atoms with van der Waals surface area (Å²) >= 11 is 12.7. The number of fused-ring (bicyclic) bond motifs is 2. The van der Waals surface area contributed by atoms with E-state index in [0.717, 1.165) is 22.3 Å². The number of benzene rings is 8. The van der Waals surface area contributed by atoms with Crippen LogP contribution in [0.25, 0.3) is 32.7 Å². The Morgan fingerprint density at radius 3 is 1.22 bits per heavy atom. The summed E-state index contributed by atoms with van der Waals surface area (Å²) in [5.41, 5.74) is 5.65. The number of phenolic OH excluding ortho intramolecular Hbond substituents is 2. The SMILES string of the molecule is Cc1cccc(Cl)c1N=Nc1c(O)c(C(=O)Nc2ccc(-c3ccc(NC(=O)c4cc5ccccc5c(N=Nc5c(C)cccc5Cl)c4O)cc3)cc2)cc2ccccc12. The Morgan fingerprint density at radius 2 is 0.833 bits per heavy atom. The fourth-order valence-corrected chi connectivity index (χ4v) is 7.29. The zero-order valence-corrected chi connectivity index (χ0v) is 33.6. The zero-order valence-electron chi connectivity index (χ0n) is 32.1. The van der Waals surface area contributed by atoms with Crippen LogP contribution in [0.3, 0.4) is 0 Å². The van der Waals surface area contributed by atoms with E-state index in [4.69, 9.17) is 23.2 Å². The van der Waals surface area contributed by atoms with Gasteiger partial charge < -0.3 is 20.8 Å². The van der Waals surface area contributed by atoms with Crippen molar-refractivity contribution in [3.63, 3.8) is 0 Å². The van der Waals surface area contributed by atoms with Gasteiger partial charge in [0.05, 0.1) is 21.2 Å². The molecule has 12 heteroatoms. The molecule has 2 amide bonds. The average molecular weight is 830 g/mol. The molecular weight excluding hydrogens is 795 g/mol. The minimum atomic E-state index is -0.528. The van der Waals surface area contributed by atoms with Crippen LogP contribution in [0.4, 0.5) is 34.1 Å². The van der Waals surface area contributed by atoms with Crippen LogP contribution in [-0.4, -0.2) is 22.0 Å². The molecule has 0 radical (unpaired) electrons. The molecule has 0 unspecified atom stereocenters. The Kier molecular flexibility index (Phi) is 11.1. The molecule has 0 aliphatic rings. The van der Waals surface area contributed by atoms with Crippen molar-refractivity contribution in [3.8, 4) is 22.6 Å². The fraction of sp³-hybridized carbons (Fsp3) is 0.0417. The van der Waals surface area contributed by atoms with Gasteiger partial charge in [-0.05, 0) is 95.4 Å². The van der Waals surface area contributed by atoms with Crippen molar-refractivity contribution in [3.05, 3.63) is 178 Å². The van der Waals surface area contributed by atoms with Crippen LogP contribution in [0.2, 0.25) is 10.0 Å². The predicted octanol–water partition coefficient (Wildman–Crippen LogP) is 14.3. The number of nitrogens with zero attached hydrogens (tertiary/aromatic N) is 4. The normalized spacial score (nSPS) is 11.5. The number of amides is 2. The fourth-order valence-electron chi connectivity index (χ4n) is 6.77. The maximum absolute atomic E-state index is 13.6. The summed E-state index contributed by atoms with van der Waals surface area (Å²) in [4.78, 5) is 27.2. The van der Waals surface area contributed by atoms with Gasteiger partial charge in [-0.25, -0.2) is 0 Å². The van der Waals surface area contributed by atoms with Crippen molar-refractivity contribution >= 4 is 90.7 Å². The van der Waals surface area contributed by atoms with Gasteiger partial charge >= 0.3 is 0 Å². The summed E-state index contributed by atoms with van der Waals surface area (Å²) < 4.78 is 0. The molecule has 60 heavy (non-hydrogen) atoms. The second-order valence-electron chi connectivity index (χ2n) is 14.0. The molecule has 0 atom stereocenters. The van der Waals surface area contributed by atoms with Gasteiger partial charge in [0.25, 0.3) is 11.8 Å². The Hall–Kier alpha value is -7.40. The Balaban J connectivity index is 0.983. The third kappa shape index (κ3) is 8.02. The third-order valence-corrected chi connectivity index (χ3v) is 10.6. The lowest BCUT2D eigenvalue weighted by Gasteiger charge is -2.12. The topological polar surface area (TPSA) is 148 Å². The van der Waals surface area contributed by atoms with Gasteiger partial charge in [-0.1, -0.05) is 120 Å². The molecule has 8 aromatic carbocycles. The number of azo groups is 2. The van der Waals surface area contributed by atoms with Crippen LogP contribution in [0.1, 0.15) is 31.8 Å². The van der Waals surface area contributed by atoms with Crippen molar-refractivity contribution in [1.29, 1.82) is 0 Å². The minimum Gasteiger partial charge on any atom is -0.505 e. The molecule has 8 aromatic rings. The zero-order chi connectivity index (χ0) is 41.9. The highest BCUT2D eigenvalue weighted by Gasteiger charge is 2.21. The lowest BCUT2D eigenvalue weighted by atomic mass is 10.0. The molecule has 10 nitrogen and oxygen atoms in total. The lowest BCUT2D eigenvalue weighted by Crippen LogP contribution is -2.12. The molecule has 4 N–H and O–H groups in total. The van der Waals surface area contributed by atoms with E-state index < -0.39 is 11.8 Å². The van der Waals surface area contributed by atoms with Crippen molar-refractivity contribution in [2.75, 3.05) is 10.6 Å². The van der Waals surface area contributed by atoms with Gasteiger partial charge in [0.2, 0.25) is 0 Å². The second kappa shape index (κ2) is 16.8. The van der Waals surface area contributed by atoms with E-state index >= 15 is 0 Å². The number of nitrogens with one attached hydrogen (secondary N) is 2. The number of anilines is 2. The molecule has 0 fully saturated rings. The standard InChI is InChI=1S/C48H34Cl2N6O4/c1-27-9-7-15-39(49)41(27)53-55-43-35-13-5-3-11-31(35)25-37(45(43)57)47(59)51-33-21-17-29(18-22-33)30-19-23-34(24-20-30)52-48(60)38-26-32-12-4-6-14-36(32)44(46(38)58)56-54-42-28(2)10-8-16-40(42)50/h3-26,57-58H,1-2H3,(H,51,59)(H,52,60). The van der Waals surface area contributed by atoms with Gasteiger partial charge in [-0.15, -0.1) is 20.5 Å². The molecule has 0 saturated heterocycles. The van der Waals surface area contributed by atoms with Crippen LogP contribution in [0.5, 0.6) is 11.5 Å². The van der Waals surface area contributed by atoms with Crippen LogP contribution in [0.15, 0.2) is 166 Å². The van der Waals surface area contributed by atoms with E-state index in [1.165, 1.54) is 0 Å². The third-order valence-electron chi connectivity index (χ3n) is 9.98. The first-order chi connectivity index (χ1) is 29.0. The lowest BCUT2D eigenvalue weighted by molar-refractivity contribution is 0.101. The number of hydrogen-bond donors (Lipinski definition) is 4. The van der Waals surface area contributed by atoms with Crippen LogP contribution in [0, 0.1) is 13.8 Å². The van der Waals surface area contributed by atoms with Crippen LogP contribution >= 0.6 is 23.2 Å². The molecule has 0 spiro atoms. The molecule has 294 valence electrons. The monoisotopic (exact) mass is 828 g/mol. The highest BCUT2D eigenvalue weighted by molar-refractivity contribution is 6.33. The van der Waals surface area contributed by atoms with E-state index in [2.05, 4.69) is 31.1 Å². The molecule has 0 bridgehead atoms. The van der Waals surface area contributed by atoms with Crippen molar-refractivity contribution in [2.45, 2.75) is 13.8 Å². The number of carbonyl (C=O) groups excluding carboxylic acids is 2. The number of phenols is 2. The molecule has 8 rings (SSSR count). The molecule has 0 heterocycles. The number of carbonyl (C=O) groups is 2.